The van der Waals surface area contributed by atoms with Crippen LogP contribution in [0.2, 0.25) is 0 Å². The Morgan fingerprint density at radius 1 is 0.509 bits per heavy atom. The van der Waals surface area contributed by atoms with Crippen LogP contribution in [0.15, 0.2) is 189 Å². The first-order valence-corrected chi connectivity index (χ1v) is 19.4. The maximum absolute atomic E-state index is 6.76. The van der Waals surface area contributed by atoms with Gasteiger partial charge >= 0.3 is 0 Å². The molecule has 0 amide bonds. The Bertz CT molecular complexity index is 3200. The van der Waals surface area contributed by atoms with Crippen LogP contribution in [0.5, 0.6) is 0 Å². The summed E-state index contributed by atoms with van der Waals surface area (Å²) >= 11 is 0. The highest BCUT2D eigenvalue weighted by molar-refractivity contribution is 6.16. The van der Waals surface area contributed by atoms with Crippen LogP contribution in [-0.4, -0.2) is 16.2 Å². The number of furan rings is 2. The second-order valence-electron chi connectivity index (χ2n) is 14.9. The number of hydrogen-bond donors (Lipinski definition) is 1. The van der Waals surface area contributed by atoms with E-state index in [1.165, 1.54) is 21.8 Å². The molecule has 0 bridgehead atoms. The van der Waals surface area contributed by atoms with Crippen LogP contribution in [0.1, 0.15) is 40.2 Å². The van der Waals surface area contributed by atoms with Crippen molar-refractivity contribution in [2.75, 3.05) is 0 Å². The molecule has 1 aliphatic heterocycles. The lowest BCUT2D eigenvalue weighted by molar-refractivity contribution is 0.499. The number of nitrogens with one attached hydrogen (secondary N) is 1. The minimum atomic E-state index is -0.488. The summed E-state index contributed by atoms with van der Waals surface area (Å²) in [6.07, 6.45) is 4.89. The molecule has 2 aliphatic rings. The lowest BCUT2D eigenvalue weighted by Crippen LogP contribution is -2.36. The molecule has 0 spiro atoms. The number of amidine groups is 2. The number of aliphatic imine (C=N–C) groups is 2. The van der Waals surface area contributed by atoms with Crippen molar-refractivity contribution in [2.24, 2.45) is 9.98 Å². The molecule has 0 saturated heterocycles. The van der Waals surface area contributed by atoms with Crippen molar-refractivity contribution < 1.29 is 8.83 Å². The van der Waals surface area contributed by atoms with Crippen LogP contribution in [0.3, 0.4) is 0 Å². The summed E-state index contributed by atoms with van der Waals surface area (Å²) in [6, 6.07) is 57.2. The van der Waals surface area contributed by atoms with Crippen molar-refractivity contribution in [1.29, 1.82) is 0 Å². The first-order chi connectivity index (χ1) is 28.2. The minimum absolute atomic E-state index is 0.152. The third kappa shape index (κ3) is 5.11. The van der Waals surface area contributed by atoms with Gasteiger partial charge in [-0.15, -0.1) is 0 Å². The maximum atomic E-state index is 6.76. The Labute approximate surface area is 327 Å². The van der Waals surface area contributed by atoms with E-state index in [0.29, 0.717) is 0 Å². The molecule has 1 aliphatic carbocycles. The molecule has 57 heavy (non-hydrogen) atoms. The third-order valence-corrected chi connectivity index (χ3v) is 11.6. The molecule has 4 heterocycles. The average molecular weight is 735 g/mol. The summed E-state index contributed by atoms with van der Waals surface area (Å²) in [4.78, 5) is 10.3. The number of fused-ring (bicyclic) bond motifs is 9. The van der Waals surface area contributed by atoms with Crippen LogP contribution in [0, 0.1) is 0 Å². The van der Waals surface area contributed by atoms with Gasteiger partial charge in [0.25, 0.3) is 0 Å². The van der Waals surface area contributed by atoms with E-state index in [0.717, 1.165) is 90.1 Å². The number of hydrogen-bond acceptors (Lipinski definition) is 5. The SMILES string of the molecule is C1=CC(n2c3ccccc3c3ccccc32)Cc2oc3ccc(-c4ccc5c(c4)oc4c(C6N=C(c7ccccc7)NC(c7ccccc7)=N6)cccc45)cc3c21. The van der Waals surface area contributed by atoms with Gasteiger partial charge in [0.2, 0.25) is 0 Å². The molecule has 0 fully saturated rings. The maximum Gasteiger partial charge on any atom is 0.173 e. The molecule has 0 saturated carbocycles. The largest absolute Gasteiger partial charge is 0.460 e. The molecule has 270 valence electrons. The van der Waals surface area contributed by atoms with Gasteiger partial charge in [0.15, 0.2) is 6.17 Å². The lowest BCUT2D eigenvalue weighted by atomic mass is 9.96. The van der Waals surface area contributed by atoms with E-state index >= 15 is 0 Å². The van der Waals surface area contributed by atoms with Crippen LogP contribution < -0.4 is 5.32 Å². The predicted octanol–water partition coefficient (Wildman–Crippen LogP) is 12.4. The lowest BCUT2D eigenvalue weighted by Gasteiger charge is -2.22. The van der Waals surface area contributed by atoms with Gasteiger partial charge in [-0.1, -0.05) is 140 Å². The zero-order chi connectivity index (χ0) is 37.5. The summed E-state index contributed by atoms with van der Waals surface area (Å²) in [5.41, 5.74) is 11.3. The van der Waals surface area contributed by atoms with Crippen LogP contribution in [0.25, 0.3) is 71.9 Å². The summed E-state index contributed by atoms with van der Waals surface area (Å²) in [6.45, 7) is 0. The minimum Gasteiger partial charge on any atom is -0.460 e. The Morgan fingerprint density at radius 3 is 1.86 bits per heavy atom. The molecule has 1 unspecified atom stereocenters. The smallest absolute Gasteiger partial charge is 0.173 e. The molecule has 1 atom stereocenters. The van der Waals surface area contributed by atoms with Crippen molar-refractivity contribution in [3.8, 4) is 11.1 Å². The number of nitrogens with zero attached hydrogens (tertiary/aromatic N) is 3. The van der Waals surface area contributed by atoms with Crippen molar-refractivity contribution >= 4 is 72.5 Å². The highest BCUT2D eigenvalue weighted by Crippen LogP contribution is 2.41. The van der Waals surface area contributed by atoms with Crippen molar-refractivity contribution in [1.82, 2.24) is 9.88 Å². The van der Waals surface area contributed by atoms with Crippen molar-refractivity contribution in [3.05, 3.63) is 198 Å². The Kier molecular flexibility index (Phi) is 7.01. The Hall–Kier alpha value is -7.44. The van der Waals surface area contributed by atoms with E-state index in [1.54, 1.807) is 0 Å². The number of aromatic nitrogens is 1. The first kappa shape index (κ1) is 31.9. The molecular weight excluding hydrogens is 701 g/mol. The fourth-order valence-electron chi connectivity index (χ4n) is 8.91. The summed E-state index contributed by atoms with van der Waals surface area (Å²) in [7, 11) is 0. The van der Waals surface area contributed by atoms with E-state index in [2.05, 4.69) is 149 Å². The molecule has 6 heteroatoms. The zero-order valence-corrected chi connectivity index (χ0v) is 30.8. The van der Waals surface area contributed by atoms with Gasteiger partial charge in [-0.05, 0) is 47.5 Å². The van der Waals surface area contributed by atoms with Crippen LogP contribution in [0.4, 0.5) is 0 Å². The average Bonchev–Trinajstić information content (AvgIpc) is 3.95. The normalized spacial score (nSPS) is 15.7. The van der Waals surface area contributed by atoms with E-state index in [9.17, 15) is 0 Å². The molecule has 6 nitrogen and oxygen atoms in total. The fourth-order valence-corrected chi connectivity index (χ4v) is 8.91. The molecule has 12 rings (SSSR count). The highest BCUT2D eigenvalue weighted by atomic mass is 16.3. The van der Waals surface area contributed by atoms with Crippen molar-refractivity contribution in [2.45, 2.75) is 18.6 Å². The van der Waals surface area contributed by atoms with E-state index < -0.39 is 6.17 Å². The molecule has 1 N–H and O–H groups in total. The zero-order valence-electron chi connectivity index (χ0n) is 30.8. The van der Waals surface area contributed by atoms with Crippen molar-refractivity contribution in [3.63, 3.8) is 0 Å². The summed E-state index contributed by atoms with van der Waals surface area (Å²) < 4.78 is 15.8. The first-order valence-electron chi connectivity index (χ1n) is 19.4. The molecule has 7 aromatic carbocycles. The third-order valence-electron chi connectivity index (χ3n) is 11.6. The van der Waals surface area contributed by atoms with E-state index in [4.69, 9.17) is 18.8 Å². The topological polar surface area (TPSA) is 68.0 Å². The van der Waals surface area contributed by atoms with Gasteiger partial charge in [0, 0.05) is 66.6 Å². The molecule has 3 aromatic heterocycles. The van der Waals surface area contributed by atoms with Gasteiger partial charge in [-0.2, -0.15) is 0 Å². The highest BCUT2D eigenvalue weighted by Gasteiger charge is 2.26. The van der Waals surface area contributed by atoms with Crippen LogP contribution in [-0.2, 0) is 6.42 Å². The second-order valence-corrected chi connectivity index (χ2v) is 14.9. The second kappa shape index (κ2) is 12.5. The Morgan fingerprint density at radius 2 is 1.14 bits per heavy atom. The van der Waals surface area contributed by atoms with Gasteiger partial charge in [-0.3, -0.25) is 0 Å². The Balaban J connectivity index is 0.913. The summed E-state index contributed by atoms with van der Waals surface area (Å²) in [5.74, 6) is 2.57. The number of para-hydroxylation sites is 3. The quantitative estimate of drug-likeness (QED) is 0.191. The fraction of sp³-hybridized carbons (Fsp3) is 0.0588. The predicted molar refractivity (Wildman–Crippen MR) is 232 cm³/mol. The van der Waals surface area contributed by atoms with Crippen LogP contribution >= 0.6 is 0 Å². The van der Waals surface area contributed by atoms with E-state index in [-0.39, 0.29) is 6.04 Å². The van der Waals surface area contributed by atoms with Gasteiger partial charge in [0.05, 0.1) is 6.04 Å². The standard InChI is InChI=1S/C51H34N4O2/c1-3-12-31(13-4-1)49-52-50(32-14-5-2-6-15-32)54-51(53-49)41-19-11-18-40-38-25-22-34(29-46(38)57-48(40)41)33-23-27-45-42(28-33)39-26-24-35(30-47(39)56-45)55-43-20-9-7-16-36(43)37-17-8-10-21-44(37)55/h1-29,35,51H,30H2,(H,52,53,54). The summed E-state index contributed by atoms with van der Waals surface area (Å²) in [5, 5.41) is 9.28. The number of allylic oxidation sites excluding steroid dienone is 1. The van der Waals surface area contributed by atoms with Gasteiger partial charge in [-0.25, -0.2) is 9.98 Å². The molecule has 0 radical (unpaired) electrons. The van der Waals surface area contributed by atoms with E-state index in [1.807, 2.05) is 36.4 Å². The molecular formula is C51H34N4O2. The molecule has 10 aromatic rings. The van der Waals surface area contributed by atoms with Gasteiger partial charge < -0.3 is 18.7 Å². The van der Waals surface area contributed by atoms with Gasteiger partial charge in [0.1, 0.15) is 34.2 Å². The monoisotopic (exact) mass is 734 g/mol. The number of rotatable bonds is 5. The number of benzene rings is 7.